The highest BCUT2D eigenvalue weighted by Crippen LogP contribution is 2.32. The average molecular weight is 393 g/mol. The van der Waals surface area contributed by atoms with Gasteiger partial charge in [0.25, 0.3) is 0 Å². The second kappa shape index (κ2) is 7.66. The summed E-state index contributed by atoms with van der Waals surface area (Å²) in [7, 11) is 1.60. The lowest BCUT2D eigenvalue weighted by atomic mass is 10.2. The molecule has 4 aromatic rings. The van der Waals surface area contributed by atoms with E-state index in [0.29, 0.717) is 16.7 Å². The van der Waals surface area contributed by atoms with Crippen molar-refractivity contribution >= 4 is 28.3 Å². The van der Waals surface area contributed by atoms with Gasteiger partial charge in [-0.25, -0.2) is 9.78 Å². The molecule has 140 valence electrons. The summed E-state index contributed by atoms with van der Waals surface area (Å²) >= 11 is 1.43. The molecule has 2 aromatic heterocycles. The molecule has 0 atom stereocenters. The molecular formula is C21H15NO5S. The van der Waals surface area contributed by atoms with Crippen molar-refractivity contribution in [1.82, 2.24) is 4.98 Å². The summed E-state index contributed by atoms with van der Waals surface area (Å²) in [5.41, 5.74) is 1.52. The molecule has 0 unspecified atom stereocenters. The van der Waals surface area contributed by atoms with E-state index >= 15 is 0 Å². The van der Waals surface area contributed by atoms with E-state index in [-0.39, 0.29) is 17.8 Å². The smallest absolute Gasteiger partial charge is 0.374 e. The molecule has 4 rings (SSSR count). The fraction of sp³-hybridized carbons (Fsp3) is 0.0952. The number of nitrogens with zero attached hydrogens (tertiary/aromatic N) is 1. The summed E-state index contributed by atoms with van der Waals surface area (Å²) < 4.78 is 16.1. The van der Waals surface area contributed by atoms with Crippen molar-refractivity contribution in [1.29, 1.82) is 0 Å². The van der Waals surface area contributed by atoms with Gasteiger partial charge in [0.1, 0.15) is 22.9 Å². The first kappa shape index (κ1) is 17.9. The van der Waals surface area contributed by atoms with Gasteiger partial charge in [-0.2, -0.15) is 0 Å². The maximum absolute atomic E-state index is 12.3. The quantitative estimate of drug-likeness (QED) is 0.471. The standard InChI is InChI=1S/C21H15NO5S/c1-25-17-8-4-3-7-15(17)20-22-13(12-28-20)11-26-21(24)19-10-16(23)14-6-2-5-9-18(14)27-19/h2-10,12H,11H2,1H3. The summed E-state index contributed by atoms with van der Waals surface area (Å²) in [5.74, 6) is -0.128. The number of benzene rings is 2. The van der Waals surface area contributed by atoms with Crippen LogP contribution in [0.4, 0.5) is 0 Å². The number of ether oxygens (including phenoxy) is 2. The van der Waals surface area contributed by atoms with Crippen LogP contribution in [0.25, 0.3) is 21.5 Å². The first-order valence-electron chi connectivity index (χ1n) is 8.43. The fourth-order valence-electron chi connectivity index (χ4n) is 2.73. The first-order valence-corrected chi connectivity index (χ1v) is 9.31. The normalized spacial score (nSPS) is 10.8. The lowest BCUT2D eigenvalue weighted by molar-refractivity contribution is 0.0432. The lowest BCUT2D eigenvalue weighted by Crippen LogP contribution is -2.10. The Morgan fingerprint density at radius 1 is 1.14 bits per heavy atom. The van der Waals surface area contributed by atoms with Crippen molar-refractivity contribution in [2.45, 2.75) is 6.61 Å². The molecule has 2 heterocycles. The van der Waals surface area contributed by atoms with Crippen molar-refractivity contribution in [3.05, 3.63) is 81.7 Å². The van der Waals surface area contributed by atoms with Gasteiger partial charge in [0.05, 0.1) is 23.8 Å². The molecule has 0 radical (unpaired) electrons. The summed E-state index contributed by atoms with van der Waals surface area (Å²) in [6.45, 7) is -0.0268. The van der Waals surface area contributed by atoms with Gasteiger partial charge in [-0.1, -0.05) is 24.3 Å². The van der Waals surface area contributed by atoms with Crippen LogP contribution >= 0.6 is 11.3 Å². The number of carbonyl (C=O) groups excluding carboxylic acids is 1. The van der Waals surface area contributed by atoms with Crippen LogP contribution in [0.3, 0.4) is 0 Å². The molecule has 2 aromatic carbocycles. The summed E-state index contributed by atoms with van der Waals surface area (Å²) in [6.07, 6.45) is 0. The Labute approximate surface area is 164 Å². The van der Waals surface area contributed by atoms with Gasteiger partial charge >= 0.3 is 5.97 Å². The zero-order valence-corrected chi connectivity index (χ0v) is 15.7. The highest BCUT2D eigenvalue weighted by molar-refractivity contribution is 7.13. The van der Waals surface area contributed by atoms with E-state index in [1.54, 1.807) is 31.4 Å². The number of para-hydroxylation sites is 2. The van der Waals surface area contributed by atoms with Gasteiger partial charge in [-0.15, -0.1) is 11.3 Å². The minimum Gasteiger partial charge on any atom is -0.496 e. The minimum atomic E-state index is -0.713. The van der Waals surface area contributed by atoms with Crippen molar-refractivity contribution < 1.29 is 18.7 Å². The second-order valence-electron chi connectivity index (χ2n) is 5.89. The summed E-state index contributed by atoms with van der Waals surface area (Å²) in [4.78, 5) is 28.9. The van der Waals surface area contributed by atoms with Gasteiger partial charge in [0, 0.05) is 11.4 Å². The minimum absolute atomic E-state index is 0.0268. The predicted molar refractivity (Wildman–Crippen MR) is 106 cm³/mol. The third kappa shape index (κ3) is 3.52. The molecular weight excluding hydrogens is 378 g/mol. The van der Waals surface area contributed by atoms with E-state index in [9.17, 15) is 9.59 Å². The van der Waals surface area contributed by atoms with Gasteiger partial charge in [0.15, 0.2) is 5.43 Å². The van der Waals surface area contributed by atoms with Crippen molar-refractivity contribution in [3.8, 4) is 16.3 Å². The van der Waals surface area contributed by atoms with E-state index in [4.69, 9.17) is 13.9 Å². The first-order chi connectivity index (χ1) is 13.7. The fourth-order valence-corrected chi connectivity index (χ4v) is 3.57. The van der Waals surface area contributed by atoms with Crippen LogP contribution in [-0.4, -0.2) is 18.1 Å². The number of methoxy groups -OCH3 is 1. The zero-order valence-electron chi connectivity index (χ0n) is 14.9. The van der Waals surface area contributed by atoms with Crippen LogP contribution in [0.5, 0.6) is 5.75 Å². The van der Waals surface area contributed by atoms with Crippen molar-refractivity contribution in [2.75, 3.05) is 7.11 Å². The molecule has 0 N–H and O–H groups in total. The summed E-state index contributed by atoms with van der Waals surface area (Å²) in [6, 6.07) is 15.4. The Bertz CT molecular complexity index is 1210. The Morgan fingerprint density at radius 2 is 1.93 bits per heavy atom. The van der Waals surface area contributed by atoms with Crippen LogP contribution in [-0.2, 0) is 11.3 Å². The van der Waals surface area contributed by atoms with E-state index in [1.165, 1.54) is 11.3 Å². The number of hydrogen-bond acceptors (Lipinski definition) is 7. The molecule has 0 aliphatic carbocycles. The number of thiazole rings is 1. The molecule has 0 aliphatic rings. The largest absolute Gasteiger partial charge is 0.496 e. The SMILES string of the molecule is COc1ccccc1-c1nc(COC(=O)c2cc(=O)c3ccccc3o2)cs1. The Hall–Kier alpha value is -3.45. The van der Waals surface area contributed by atoms with Crippen molar-refractivity contribution in [2.24, 2.45) is 0 Å². The lowest BCUT2D eigenvalue weighted by Gasteiger charge is -2.05. The van der Waals surface area contributed by atoms with Crippen LogP contribution < -0.4 is 10.2 Å². The average Bonchev–Trinajstić information content (AvgIpc) is 3.21. The Morgan fingerprint density at radius 3 is 2.79 bits per heavy atom. The highest BCUT2D eigenvalue weighted by atomic mass is 32.1. The molecule has 28 heavy (non-hydrogen) atoms. The number of hydrogen-bond donors (Lipinski definition) is 0. The molecule has 0 amide bonds. The topological polar surface area (TPSA) is 78.6 Å². The third-order valence-electron chi connectivity index (χ3n) is 4.08. The Balaban J connectivity index is 1.50. The number of aromatic nitrogens is 1. The van der Waals surface area contributed by atoms with E-state index in [1.807, 2.05) is 29.6 Å². The number of rotatable bonds is 5. The molecule has 0 aliphatic heterocycles. The molecule has 7 heteroatoms. The van der Waals surface area contributed by atoms with Crippen LogP contribution in [0.15, 0.2) is 69.2 Å². The van der Waals surface area contributed by atoms with Crippen LogP contribution in [0.1, 0.15) is 16.2 Å². The highest BCUT2D eigenvalue weighted by Gasteiger charge is 2.15. The molecule has 0 saturated heterocycles. The second-order valence-corrected chi connectivity index (χ2v) is 6.75. The maximum Gasteiger partial charge on any atom is 0.374 e. The van der Waals surface area contributed by atoms with Crippen LogP contribution in [0.2, 0.25) is 0 Å². The van der Waals surface area contributed by atoms with Crippen molar-refractivity contribution in [3.63, 3.8) is 0 Å². The molecule has 0 spiro atoms. The third-order valence-corrected chi connectivity index (χ3v) is 5.00. The van der Waals surface area contributed by atoms with Gasteiger partial charge in [-0.3, -0.25) is 4.79 Å². The van der Waals surface area contributed by atoms with Crippen LogP contribution in [0, 0.1) is 0 Å². The number of esters is 1. The molecule has 0 bridgehead atoms. The number of carbonyl (C=O) groups is 1. The van der Waals surface area contributed by atoms with E-state index in [0.717, 1.165) is 22.4 Å². The van der Waals surface area contributed by atoms with E-state index < -0.39 is 5.97 Å². The van der Waals surface area contributed by atoms with Gasteiger partial charge < -0.3 is 13.9 Å². The van der Waals surface area contributed by atoms with Gasteiger partial charge in [-0.05, 0) is 24.3 Å². The zero-order chi connectivity index (χ0) is 19.5. The van der Waals surface area contributed by atoms with Gasteiger partial charge in [0.2, 0.25) is 5.76 Å². The molecule has 0 saturated carbocycles. The number of fused-ring (bicyclic) bond motifs is 1. The maximum atomic E-state index is 12.3. The molecule has 6 nitrogen and oxygen atoms in total. The molecule has 0 fully saturated rings. The van der Waals surface area contributed by atoms with E-state index in [2.05, 4.69) is 4.98 Å². The Kier molecular flexibility index (Phi) is 4.90. The monoisotopic (exact) mass is 393 g/mol. The summed E-state index contributed by atoms with van der Waals surface area (Å²) in [5, 5.41) is 2.99. The predicted octanol–water partition coefficient (Wildman–Crippen LogP) is 4.28.